The van der Waals surface area contributed by atoms with Gasteiger partial charge in [-0.2, -0.15) is 0 Å². The normalized spacial score (nSPS) is 10.7. The average Bonchev–Trinajstić information content (AvgIpc) is 2.29. The number of rotatable bonds is 4. The van der Waals surface area contributed by atoms with Gasteiger partial charge in [-0.15, -0.1) is 0 Å². The molecule has 0 saturated heterocycles. The summed E-state index contributed by atoms with van der Waals surface area (Å²) in [6, 6.07) is 16.0. The van der Waals surface area contributed by atoms with Gasteiger partial charge in [0.1, 0.15) is 0 Å². The Morgan fingerprint density at radius 1 is 1.13 bits per heavy atom. The third-order valence-corrected chi connectivity index (χ3v) is 2.44. The van der Waals surface area contributed by atoms with Gasteiger partial charge in [0.15, 0.2) is 0 Å². The van der Waals surface area contributed by atoms with Crippen LogP contribution in [0.5, 0.6) is 0 Å². The molecule has 0 N–H and O–H groups in total. The van der Waals surface area contributed by atoms with E-state index >= 15 is 0 Å². The largest absolute Gasteiger partial charge is 0.381 e. The summed E-state index contributed by atoms with van der Waals surface area (Å²) in [5.41, 5.74) is 1.22. The van der Waals surface area contributed by atoms with Crippen LogP contribution in [0.2, 0.25) is 0 Å². The van der Waals surface area contributed by atoms with Crippen LogP contribution in [0.15, 0.2) is 36.4 Å². The number of hydrogen-bond donors (Lipinski definition) is 0. The van der Waals surface area contributed by atoms with Gasteiger partial charge in [-0.3, -0.25) is 0 Å². The molecule has 2 rings (SSSR count). The average molecular weight is 199 g/mol. The first-order chi connectivity index (χ1) is 7.40. The van der Waals surface area contributed by atoms with Gasteiger partial charge in [-0.25, -0.2) is 0 Å². The first kappa shape index (κ1) is 10.2. The zero-order chi connectivity index (χ0) is 10.5. The van der Waals surface area contributed by atoms with Crippen molar-refractivity contribution in [3.05, 3.63) is 48.0 Å². The lowest BCUT2D eigenvalue weighted by molar-refractivity contribution is 0.151. The minimum absolute atomic E-state index is 0.783. The zero-order valence-electron chi connectivity index (χ0n) is 8.99. The maximum absolute atomic E-state index is 5.33. The Kier molecular flexibility index (Phi) is 3.36. The highest BCUT2D eigenvalue weighted by molar-refractivity contribution is 5.82. The maximum Gasteiger partial charge on any atom is 0.0506 e. The Labute approximate surface area is 90.7 Å². The summed E-state index contributed by atoms with van der Waals surface area (Å²) in [6.07, 6.45) is 0.943. The fourth-order valence-corrected chi connectivity index (χ4v) is 1.63. The molecule has 0 unspecified atom stereocenters. The quantitative estimate of drug-likeness (QED) is 0.687. The van der Waals surface area contributed by atoms with Crippen molar-refractivity contribution in [2.45, 2.75) is 13.3 Å². The summed E-state index contributed by atoms with van der Waals surface area (Å²) >= 11 is 0. The summed E-state index contributed by atoms with van der Waals surface area (Å²) in [4.78, 5) is 0. The van der Waals surface area contributed by atoms with E-state index in [0.717, 1.165) is 19.6 Å². The molecule has 0 aliphatic heterocycles. The Balaban J connectivity index is 2.16. The smallest absolute Gasteiger partial charge is 0.0506 e. The minimum atomic E-state index is 0.783. The minimum Gasteiger partial charge on any atom is -0.381 e. The molecule has 0 saturated carbocycles. The van der Waals surface area contributed by atoms with Crippen LogP contribution in [-0.4, -0.2) is 13.2 Å². The highest BCUT2D eigenvalue weighted by Crippen LogP contribution is 2.15. The van der Waals surface area contributed by atoms with E-state index in [0.29, 0.717) is 0 Å². The summed E-state index contributed by atoms with van der Waals surface area (Å²) in [6.45, 7) is 3.59. The molecule has 2 aromatic rings. The lowest BCUT2D eigenvalue weighted by Crippen LogP contribution is -1.97. The van der Waals surface area contributed by atoms with Gasteiger partial charge >= 0.3 is 0 Å². The van der Waals surface area contributed by atoms with E-state index in [-0.39, 0.29) is 0 Å². The van der Waals surface area contributed by atoms with Gasteiger partial charge < -0.3 is 4.74 Å². The van der Waals surface area contributed by atoms with Crippen LogP contribution in [0, 0.1) is 6.07 Å². The van der Waals surface area contributed by atoms with Crippen LogP contribution in [0.3, 0.4) is 0 Å². The molecule has 1 heteroatoms. The molecular weight excluding hydrogens is 184 g/mol. The van der Waals surface area contributed by atoms with Crippen molar-refractivity contribution in [3.63, 3.8) is 0 Å². The van der Waals surface area contributed by atoms with E-state index in [4.69, 9.17) is 4.74 Å². The Bertz CT molecular complexity index is 434. The first-order valence-corrected chi connectivity index (χ1v) is 5.38. The topological polar surface area (TPSA) is 9.23 Å². The predicted octanol–water partition coefficient (Wildman–Crippen LogP) is 3.22. The molecule has 0 fully saturated rings. The van der Waals surface area contributed by atoms with Crippen LogP contribution >= 0.6 is 0 Å². The van der Waals surface area contributed by atoms with Crippen molar-refractivity contribution in [2.24, 2.45) is 0 Å². The van der Waals surface area contributed by atoms with Gasteiger partial charge in [0, 0.05) is 6.61 Å². The third kappa shape index (κ3) is 2.57. The molecule has 1 radical (unpaired) electrons. The molecule has 15 heavy (non-hydrogen) atoms. The molecule has 0 aliphatic rings. The fourth-order valence-electron chi connectivity index (χ4n) is 1.63. The molecule has 0 atom stereocenters. The summed E-state index contributed by atoms with van der Waals surface area (Å²) < 4.78 is 5.33. The standard InChI is InChI=1S/C14H15O/c1-2-15-10-9-12-7-8-13-5-3-4-6-14(13)11-12/h3-8H,2,9-10H2,1H3. The Morgan fingerprint density at radius 2 is 2.00 bits per heavy atom. The third-order valence-electron chi connectivity index (χ3n) is 2.44. The summed E-state index contributed by atoms with van der Waals surface area (Å²) in [5.74, 6) is 0. The summed E-state index contributed by atoms with van der Waals surface area (Å²) in [7, 11) is 0. The number of benzene rings is 2. The highest BCUT2D eigenvalue weighted by atomic mass is 16.5. The maximum atomic E-state index is 5.33. The molecule has 1 nitrogen and oxygen atoms in total. The predicted molar refractivity (Wildman–Crippen MR) is 63.0 cm³/mol. The van der Waals surface area contributed by atoms with Crippen LogP contribution < -0.4 is 0 Å². The van der Waals surface area contributed by atoms with Gasteiger partial charge in [-0.05, 0) is 35.7 Å². The molecule has 0 aromatic heterocycles. The van der Waals surface area contributed by atoms with E-state index in [1.165, 1.54) is 16.3 Å². The van der Waals surface area contributed by atoms with Crippen molar-refractivity contribution in [2.75, 3.05) is 13.2 Å². The van der Waals surface area contributed by atoms with Crippen molar-refractivity contribution in [1.82, 2.24) is 0 Å². The van der Waals surface area contributed by atoms with E-state index in [1.807, 2.05) is 13.0 Å². The fraction of sp³-hybridized carbons (Fsp3) is 0.286. The molecule has 0 heterocycles. The number of fused-ring (bicyclic) bond motifs is 1. The SMILES string of the molecule is CCOCCc1[c]c2ccccc2cc1. The lowest BCUT2D eigenvalue weighted by Gasteiger charge is -2.03. The van der Waals surface area contributed by atoms with E-state index in [1.54, 1.807) is 0 Å². The zero-order valence-corrected chi connectivity index (χ0v) is 8.99. The van der Waals surface area contributed by atoms with Crippen molar-refractivity contribution in [3.8, 4) is 0 Å². The van der Waals surface area contributed by atoms with Crippen molar-refractivity contribution in [1.29, 1.82) is 0 Å². The van der Waals surface area contributed by atoms with Crippen LogP contribution in [0.1, 0.15) is 12.5 Å². The lowest BCUT2D eigenvalue weighted by atomic mass is 10.1. The first-order valence-electron chi connectivity index (χ1n) is 5.38. The second kappa shape index (κ2) is 4.94. The molecule has 2 aromatic carbocycles. The Morgan fingerprint density at radius 3 is 2.87 bits per heavy atom. The second-order valence-corrected chi connectivity index (χ2v) is 3.52. The number of ether oxygens (including phenoxy) is 1. The van der Waals surface area contributed by atoms with Gasteiger partial charge in [0.05, 0.1) is 6.61 Å². The van der Waals surface area contributed by atoms with Crippen LogP contribution in [-0.2, 0) is 11.2 Å². The second-order valence-electron chi connectivity index (χ2n) is 3.52. The molecule has 0 aliphatic carbocycles. The van der Waals surface area contributed by atoms with Gasteiger partial charge in [-0.1, -0.05) is 36.4 Å². The molecule has 77 valence electrons. The van der Waals surface area contributed by atoms with E-state index in [9.17, 15) is 0 Å². The molecule has 0 bridgehead atoms. The Hall–Kier alpha value is -1.34. The molecular formula is C14H15O. The van der Waals surface area contributed by atoms with Gasteiger partial charge in [0.25, 0.3) is 0 Å². The van der Waals surface area contributed by atoms with Crippen LogP contribution in [0.4, 0.5) is 0 Å². The molecule has 0 amide bonds. The van der Waals surface area contributed by atoms with E-state index in [2.05, 4.69) is 36.4 Å². The summed E-state index contributed by atoms with van der Waals surface area (Å²) in [5, 5.41) is 2.43. The highest BCUT2D eigenvalue weighted by Gasteiger charge is 1.96. The molecule has 0 spiro atoms. The van der Waals surface area contributed by atoms with Crippen molar-refractivity contribution < 1.29 is 4.74 Å². The van der Waals surface area contributed by atoms with Gasteiger partial charge in [0.2, 0.25) is 0 Å². The van der Waals surface area contributed by atoms with Crippen LogP contribution in [0.25, 0.3) is 10.8 Å². The number of hydrogen-bond acceptors (Lipinski definition) is 1. The monoisotopic (exact) mass is 199 g/mol. The van der Waals surface area contributed by atoms with E-state index < -0.39 is 0 Å². The van der Waals surface area contributed by atoms with Crippen molar-refractivity contribution >= 4 is 10.8 Å².